The molecule has 1 aromatic heterocycles. The van der Waals surface area contributed by atoms with E-state index < -0.39 is 5.97 Å². The predicted molar refractivity (Wildman–Crippen MR) is 103 cm³/mol. The zero-order valence-electron chi connectivity index (χ0n) is 13.3. The van der Waals surface area contributed by atoms with E-state index in [2.05, 4.69) is 0 Å². The number of thiophene rings is 1. The summed E-state index contributed by atoms with van der Waals surface area (Å²) in [5.74, 6) is -1.41. The molecule has 128 valence electrons. The average Bonchev–Trinajstić information content (AvgIpc) is 3.21. The fraction of sp³-hybridized carbons (Fsp3) is 0. The molecule has 0 fully saturated rings. The van der Waals surface area contributed by atoms with Crippen LogP contribution in [0.25, 0.3) is 17.2 Å². The highest BCUT2D eigenvalue weighted by Crippen LogP contribution is 2.41. The zero-order chi connectivity index (χ0) is 18.3. The van der Waals surface area contributed by atoms with E-state index in [9.17, 15) is 14.7 Å². The molecule has 6 heteroatoms. The monoisotopic (exact) mass is 380 g/mol. The molecular formula is C20H12O4S2. The molecule has 0 unspecified atom stereocenters. The van der Waals surface area contributed by atoms with Gasteiger partial charge in [0.25, 0.3) is 0 Å². The average molecular weight is 380 g/mol. The number of fused-ring (bicyclic) bond motifs is 1. The van der Waals surface area contributed by atoms with Gasteiger partial charge in [0.15, 0.2) is 0 Å². The number of carbonyl (C=O) groups excluding carboxylic acids is 1. The number of carboxylic acids is 1. The van der Waals surface area contributed by atoms with Gasteiger partial charge in [0, 0.05) is 15.3 Å². The molecule has 2 N–H and O–H groups in total. The molecule has 0 radical (unpaired) electrons. The molecule has 0 atom stereocenters. The van der Waals surface area contributed by atoms with Crippen molar-refractivity contribution in [2.75, 3.05) is 0 Å². The van der Waals surface area contributed by atoms with Gasteiger partial charge in [-0.3, -0.25) is 4.79 Å². The van der Waals surface area contributed by atoms with Gasteiger partial charge in [0.1, 0.15) is 11.3 Å². The lowest BCUT2D eigenvalue weighted by atomic mass is 10.0. The number of carbonyl (C=O) groups is 2. The summed E-state index contributed by atoms with van der Waals surface area (Å²) >= 11 is 2.94. The SMILES string of the molecule is O=C(O)c1cc(-c2csc(/C=C3\Sc4ccccc4C3=O)c2)ccc1O. The fourth-order valence-corrected chi connectivity index (χ4v) is 4.70. The highest BCUT2D eigenvalue weighted by molar-refractivity contribution is 8.04. The van der Waals surface area contributed by atoms with Crippen molar-refractivity contribution in [1.29, 1.82) is 0 Å². The second-order valence-electron chi connectivity index (χ2n) is 5.71. The minimum atomic E-state index is -1.17. The number of aromatic hydroxyl groups is 1. The van der Waals surface area contributed by atoms with Crippen LogP contribution in [-0.2, 0) is 0 Å². The summed E-state index contributed by atoms with van der Waals surface area (Å²) in [6, 6.07) is 13.9. The maximum absolute atomic E-state index is 12.5. The molecule has 2 aromatic carbocycles. The van der Waals surface area contributed by atoms with Gasteiger partial charge in [-0.15, -0.1) is 11.3 Å². The summed E-state index contributed by atoms with van der Waals surface area (Å²) in [5, 5.41) is 20.7. The molecule has 0 amide bonds. The van der Waals surface area contributed by atoms with E-state index in [0.717, 1.165) is 20.9 Å². The van der Waals surface area contributed by atoms with Crippen LogP contribution >= 0.6 is 23.1 Å². The van der Waals surface area contributed by atoms with Crippen molar-refractivity contribution < 1.29 is 19.8 Å². The smallest absolute Gasteiger partial charge is 0.339 e. The Morgan fingerprint density at radius 2 is 1.85 bits per heavy atom. The molecule has 1 aliphatic rings. The summed E-state index contributed by atoms with van der Waals surface area (Å²) in [5.41, 5.74) is 2.14. The Bertz CT molecular complexity index is 1080. The molecule has 3 aromatic rings. The molecule has 0 spiro atoms. The van der Waals surface area contributed by atoms with Gasteiger partial charge in [-0.05, 0) is 52.9 Å². The number of hydrogen-bond acceptors (Lipinski definition) is 5. The third-order valence-electron chi connectivity index (χ3n) is 4.03. The third-order valence-corrected chi connectivity index (χ3v) is 6.01. The van der Waals surface area contributed by atoms with Crippen molar-refractivity contribution in [3.05, 3.63) is 74.8 Å². The van der Waals surface area contributed by atoms with Crippen LogP contribution in [-0.4, -0.2) is 22.0 Å². The van der Waals surface area contributed by atoms with Gasteiger partial charge in [-0.25, -0.2) is 4.79 Å². The Morgan fingerprint density at radius 1 is 1.04 bits per heavy atom. The van der Waals surface area contributed by atoms with Crippen molar-refractivity contribution in [2.24, 2.45) is 0 Å². The molecule has 0 saturated carbocycles. The number of thioether (sulfide) groups is 1. The molecule has 0 aliphatic carbocycles. The minimum Gasteiger partial charge on any atom is -0.507 e. The quantitative estimate of drug-likeness (QED) is 0.615. The molecule has 4 nitrogen and oxygen atoms in total. The second kappa shape index (κ2) is 6.48. The Labute approximate surface area is 157 Å². The normalized spacial score (nSPS) is 14.6. The van der Waals surface area contributed by atoms with Gasteiger partial charge in [-0.2, -0.15) is 0 Å². The lowest BCUT2D eigenvalue weighted by Crippen LogP contribution is -1.96. The van der Waals surface area contributed by atoms with Gasteiger partial charge in [0.05, 0.1) is 4.91 Å². The molecule has 1 aliphatic heterocycles. The van der Waals surface area contributed by atoms with Gasteiger partial charge in [0.2, 0.25) is 5.78 Å². The van der Waals surface area contributed by atoms with Crippen LogP contribution in [0.15, 0.2) is 63.7 Å². The van der Waals surface area contributed by atoms with Gasteiger partial charge >= 0.3 is 5.97 Å². The van der Waals surface area contributed by atoms with Crippen LogP contribution < -0.4 is 0 Å². The van der Waals surface area contributed by atoms with E-state index in [1.54, 1.807) is 6.07 Å². The number of phenols is 1. The Balaban J connectivity index is 1.65. The molecule has 0 bridgehead atoms. The van der Waals surface area contributed by atoms with Crippen molar-refractivity contribution in [3.8, 4) is 16.9 Å². The lowest BCUT2D eigenvalue weighted by molar-refractivity contribution is 0.0693. The summed E-state index contributed by atoms with van der Waals surface area (Å²) in [7, 11) is 0. The molecule has 26 heavy (non-hydrogen) atoms. The van der Waals surface area contributed by atoms with Gasteiger partial charge < -0.3 is 10.2 Å². The first-order valence-electron chi connectivity index (χ1n) is 7.71. The summed E-state index contributed by atoms with van der Waals surface area (Å²) in [6.45, 7) is 0. The molecule has 0 saturated heterocycles. The molecular weight excluding hydrogens is 368 g/mol. The van der Waals surface area contributed by atoms with Crippen LogP contribution in [0.3, 0.4) is 0 Å². The van der Waals surface area contributed by atoms with E-state index in [4.69, 9.17) is 5.11 Å². The second-order valence-corrected chi connectivity index (χ2v) is 7.74. The van der Waals surface area contributed by atoms with E-state index in [1.165, 1.54) is 35.2 Å². The zero-order valence-corrected chi connectivity index (χ0v) is 14.9. The standard InChI is InChI=1S/C20H12O4S2/c21-16-6-5-11(8-15(16)20(23)24)12-7-13(25-10-12)9-18-19(22)14-3-1-2-4-17(14)26-18/h1-10,21H,(H,23,24)/b18-9-. The number of allylic oxidation sites excluding steroid dienone is 1. The Morgan fingerprint density at radius 3 is 2.62 bits per heavy atom. The fourth-order valence-electron chi connectivity index (χ4n) is 2.73. The maximum atomic E-state index is 12.5. The number of benzene rings is 2. The van der Waals surface area contributed by atoms with Crippen molar-refractivity contribution in [2.45, 2.75) is 4.90 Å². The number of hydrogen-bond donors (Lipinski definition) is 2. The van der Waals surface area contributed by atoms with Crippen LogP contribution in [0.1, 0.15) is 25.6 Å². The van der Waals surface area contributed by atoms with Crippen LogP contribution in [0.2, 0.25) is 0 Å². The first-order valence-corrected chi connectivity index (χ1v) is 9.41. The van der Waals surface area contributed by atoms with Crippen LogP contribution in [0, 0.1) is 0 Å². The summed E-state index contributed by atoms with van der Waals surface area (Å²) < 4.78 is 0. The lowest BCUT2D eigenvalue weighted by Gasteiger charge is -2.02. The Hall–Kier alpha value is -2.83. The van der Waals surface area contributed by atoms with Crippen LogP contribution in [0.4, 0.5) is 0 Å². The highest BCUT2D eigenvalue weighted by Gasteiger charge is 2.25. The van der Waals surface area contributed by atoms with Crippen molar-refractivity contribution in [3.63, 3.8) is 0 Å². The summed E-state index contributed by atoms with van der Waals surface area (Å²) in [4.78, 5) is 26.2. The summed E-state index contributed by atoms with van der Waals surface area (Å²) in [6.07, 6.45) is 1.86. The number of aromatic carboxylic acids is 1. The van der Waals surface area contributed by atoms with Crippen molar-refractivity contribution >= 4 is 40.9 Å². The van der Waals surface area contributed by atoms with Gasteiger partial charge in [-0.1, -0.05) is 30.0 Å². The molecule has 4 rings (SSSR count). The van der Waals surface area contributed by atoms with Crippen LogP contribution in [0.5, 0.6) is 5.75 Å². The first kappa shape index (κ1) is 16.6. The van der Waals surface area contributed by atoms with E-state index in [1.807, 2.05) is 41.8 Å². The number of carboxylic acid groups (broad SMARTS) is 1. The topological polar surface area (TPSA) is 74.6 Å². The maximum Gasteiger partial charge on any atom is 0.339 e. The number of rotatable bonds is 3. The van der Waals surface area contributed by atoms with Crippen molar-refractivity contribution in [1.82, 2.24) is 0 Å². The molecule has 2 heterocycles. The first-order chi connectivity index (χ1) is 12.5. The number of ketones is 1. The predicted octanol–water partition coefficient (Wildman–Crippen LogP) is 5.15. The Kier molecular flexibility index (Phi) is 4.14. The minimum absolute atomic E-state index is 0.0262. The highest BCUT2D eigenvalue weighted by atomic mass is 32.2. The van der Waals surface area contributed by atoms with E-state index in [-0.39, 0.29) is 17.1 Å². The largest absolute Gasteiger partial charge is 0.507 e. The van der Waals surface area contributed by atoms with E-state index >= 15 is 0 Å². The number of Topliss-reactive ketones (excluding diaryl/α,β-unsaturated/α-hetero) is 1. The van der Waals surface area contributed by atoms with E-state index in [0.29, 0.717) is 10.5 Å². The third kappa shape index (κ3) is 2.94.